The van der Waals surface area contributed by atoms with Gasteiger partial charge in [-0.15, -0.1) is 23.3 Å². The maximum atomic E-state index is 8.63. The fraction of sp³-hybridized carbons (Fsp3) is 0.333. The molecule has 0 saturated carbocycles. The number of fused-ring (bicyclic) bond motifs is 3. The van der Waals surface area contributed by atoms with Crippen molar-refractivity contribution < 1.29 is 33.8 Å². The van der Waals surface area contributed by atoms with E-state index < -0.39 is 45.1 Å². The van der Waals surface area contributed by atoms with Gasteiger partial charge in [-0.1, -0.05) is 56.8 Å². The Labute approximate surface area is 317 Å². The summed E-state index contributed by atoms with van der Waals surface area (Å²) in [5.41, 5.74) is 3.72. The van der Waals surface area contributed by atoms with Gasteiger partial charge in [-0.2, -0.15) is 11.3 Å². The second kappa shape index (κ2) is 15.3. The van der Waals surface area contributed by atoms with Crippen LogP contribution in [0.15, 0.2) is 79.1 Å². The summed E-state index contributed by atoms with van der Waals surface area (Å²) in [6, 6.07) is 25.5. The van der Waals surface area contributed by atoms with Gasteiger partial charge in [-0.3, -0.25) is 0 Å². The van der Waals surface area contributed by atoms with Gasteiger partial charge in [0.2, 0.25) is 0 Å². The number of aryl methyl sites for hydroxylation is 2. The smallest absolute Gasteiger partial charge is 0 e. The molecule has 0 amide bonds. The zero-order chi connectivity index (χ0) is 41.8. The molecule has 0 unspecified atom stereocenters. The molecule has 0 saturated heterocycles. The minimum atomic E-state index is -2.39. The van der Waals surface area contributed by atoms with E-state index in [-0.39, 0.29) is 37.2 Å². The van der Waals surface area contributed by atoms with E-state index in [0.717, 1.165) is 21.2 Å². The maximum Gasteiger partial charge on any atom is 0 e. The van der Waals surface area contributed by atoms with Crippen LogP contribution in [0.25, 0.3) is 42.7 Å². The van der Waals surface area contributed by atoms with Gasteiger partial charge in [0.15, 0.2) is 0 Å². The van der Waals surface area contributed by atoms with E-state index in [9.17, 15) is 0 Å². The van der Waals surface area contributed by atoms with Gasteiger partial charge in [-0.05, 0) is 52.1 Å². The Morgan fingerprint density at radius 2 is 1.77 bits per heavy atom. The number of hydrogen-bond donors (Lipinski definition) is 0. The monoisotopic (exact) mass is 889 g/mol. The van der Waals surface area contributed by atoms with E-state index in [1.165, 1.54) is 23.5 Å². The summed E-state index contributed by atoms with van der Waals surface area (Å²) >= 11 is -0.905. The maximum absolute atomic E-state index is 8.63. The van der Waals surface area contributed by atoms with Crippen molar-refractivity contribution in [3.8, 4) is 22.5 Å². The molecule has 5 heteroatoms. The Morgan fingerprint density at radius 1 is 0.957 bits per heavy atom. The average molecular weight is 888 g/mol. The fourth-order valence-corrected chi connectivity index (χ4v) is 9.49. The topological polar surface area (TPSA) is 25.8 Å². The van der Waals surface area contributed by atoms with Crippen LogP contribution in [0, 0.1) is 37.2 Å². The van der Waals surface area contributed by atoms with Crippen LogP contribution >= 0.6 is 11.3 Å². The second-order valence-electron chi connectivity index (χ2n) is 13.8. The first-order valence-corrected chi connectivity index (χ1v) is 23.7. The quantitative estimate of drug-likeness (QED) is 0.123. The van der Waals surface area contributed by atoms with Crippen LogP contribution in [0.2, 0.25) is 17.3 Å². The Morgan fingerprint density at radius 3 is 2.43 bits per heavy atom. The van der Waals surface area contributed by atoms with Crippen molar-refractivity contribution in [1.29, 1.82) is 0 Å². The van der Waals surface area contributed by atoms with Crippen molar-refractivity contribution in [2.24, 2.45) is 11.3 Å². The van der Waals surface area contributed by atoms with E-state index in [1.54, 1.807) is 30.5 Å². The summed E-state index contributed by atoms with van der Waals surface area (Å²) in [5, 5.41) is 1.19. The molecule has 0 aliphatic carbocycles. The van der Waals surface area contributed by atoms with Crippen LogP contribution < -0.4 is 4.40 Å². The van der Waals surface area contributed by atoms with Crippen molar-refractivity contribution in [3.05, 3.63) is 114 Å². The molecule has 3 aromatic heterocycles. The number of aromatic nitrogens is 2. The van der Waals surface area contributed by atoms with Crippen molar-refractivity contribution >= 4 is 49.2 Å². The van der Waals surface area contributed by atoms with Gasteiger partial charge < -0.3 is 4.98 Å². The number of thiophene rings is 1. The standard InChI is InChI=1S/C24H24NS.C18H24GeN.Ir/c1-15-6-8-19-21(12-15)26-23-18(9-7-16(2)22(19)23)20-13-17(10-11-25-20)14-24(3,4)5;1-14(2)11-16-12-18(15-9-7-6-8-10-15)20-13-17(16)19(3,4)5;/h6-8,10-13H,14H2,1-5H3;6-9,12-14H,11H2,1-5H3;/q2*-1;/i1D3,2D3,14D2;11D2;. The van der Waals surface area contributed by atoms with Crippen LogP contribution in [0.4, 0.5) is 0 Å². The van der Waals surface area contributed by atoms with Crippen molar-refractivity contribution in [2.75, 3.05) is 0 Å². The summed E-state index contributed by atoms with van der Waals surface area (Å²) in [7, 11) is 0. The van der Waals surface area contributed by atoms with E-state index in [1.807, 2.05) is 71.1 Å². The third-order valence-electron chi connectivity index (χ3n) is 7.22. The van der Waals surface area contributed by atoms with E-state index in [2.05, 4.69) is 39.4 Å². The van der Waals surface area contributed by atoms with Crippen LogP contribution in [-0.4, -0.2) is 23.2 Å². The molecule has 0 spiro atoms. The van der Waals surface area contributed by atoms with Gasteiger partial charge in [0, 0.05) is 42.0 Å². The van der Waals surface area contributed by atoms with Crippen molar-refractivity contribution in [2.45, 2.75) is 78.3 Å². The van der Waals surface area contributed by atoms with Crippen LogP contribution in [-0.2, 0) is 32.9 Å². The Hall–Kier alpha value is -2.63. The molecule has 0 bridgehead atoms. The SMILES string of the molecule is [2H]C([2H])([2H])c1ccc2c(c1)sc1c(-c3cc(C([2H])([2H])C(C)(C)C)ccn3)[c-]cc(C([2H])([2H])[2H])c12.[2H]C([2H])(c1cc(-c2[c-]cccc2)nc[c]1[Ge]([CH3])([CH3])[CH3])C(C)C.[Ir]. The van der Waals surface area contributed by atoms with Crippen molar-refractivity contribution in [3.63, 3.8) is 0 Å². The van der Waals surface area contributed by atoms with Crippen LogP contribution in [0.5, 0.6) is 0 Å². The van der Waals surface area contributed by atoms with Crippen LogP contribution in [0.3, 0.4) is 0 Å². The zero-order valence-electron chi connectivity index (χ0n) is 38.2. The Bertz CT molecular complexity index is 2360. The molecule has 247 valence electrons. The predicted octanol–water partition coefficient (Wildman–Crippen LogP) is 11.4. The first-order valence-electron chi connectivity index (χ1n) is 20.5. The molecule has 3 aromatic carbocycles. The normalized spacial score (nSPS) is 16.1. The molecule has 6 aromatic rings. The number of nitrogens with zero attached hydrogens (tertiary/aromatic N) is 2. The zero-order valence-corrected chi connectivity index (χ0v) is 33.5. The number of rotatable bonds is 6. The third kappa shape index (κ3) is 9.29. The first kappa shape index (κ1) is 25.4. The summed E-state index contributed by atoms with van der Waals surface area (Å²) < 4.78 is 84.1. The number of pyridine rings is 2. The Balaban J connectivity index is 0.000000272. The molecule has 2 nitrogen and oxygen atoms in total. The van der Waals surface area contributed by atoms with Crippen molar-refractivity contribution in [1.82, 2.24) is 9.97 Å². The molecule has 0 aliphatic rings. The summed E-state index contributed by atoms with van der Waals surface area (Å²) in [6.07, 6.45) is 0.481. The predicted molar refractivity (Wildman–Crippen MR) is 204 cm³/mol. The number of benzene rings is 3. The van der Waals surface area contributed by atoms with E-state index in [0.29, 0.717) is 37.0 Å². The largest absolute Gasteiger partial charge is 0 e. The van der Waals surface area contributed by atoms with Crippen LogP contribution in [0.1, 0.15) is 70.6 Å². The molecule has 1 radical (unpaired) electrons. The van der Waals surface area contributed by atoms with Gasteiger partial charge in [0.05, 0.1) is 0 Å². The van der Waals surface area contributed by atoms with Gasteiger partial charge in [0.1, 0.15) is 0 Å². The van der Waals surface area contributed by atoms with Gasteiger partial charge >= 0.3 is 128 Å². The molecule has 0 aliphatic heterocycles. The molecular formula is C42H48GeIrN2S-2. The minimum absolute atomic E-state index is 0. The summed E-state index contributed by atoms with van der Waals surface area (Å²) in [4.78, 5) is 9.05. The first-order chi connectivity index (χ1) is 25.7. The molecular weight excluding hydrogens is 829 g/mol. The van der Waals surface area contributed by atoms with E-state index in [4.69, 9.17) is 13.7 Å². The molecule has 47 heavy (non-hydrogen) atoms. The average Bonchev–Trinajstić information content (AvgIpc) is 3.49. The molecule has 0 atom stereocenters. The molecule has 3 heterocycles. The number of hydrogen-bond acceptors (Lipinski definition) is 3. The summed E-state index contributed by atoms with van der Waals surface area (Å²) in [6.45, 7) is 4.71. The van der Waals surface area contributed by atoms with E-state index >= 15 is 0 Å². The summed E-state index contributed by atoms with van der Waals surface area (Å²) in [5.74, 6) is 6.77. The molecule has 6 rings (SSSR count). The van der Waals surface area contributed by atoms with Gasteiger partial charge in [-0.25, -0.2) is 0 Å². The molecule has 0 fully saturated rings. The Kier molecular flexibility index (Phi) is 8.25. The minimum Gasteiger partial charge on any atom is 0 e. The third-order valence-corrected chi connectivity index (χ3v) is 12.6. The second-order valence-corrected chi connectivity index (χ2v) is 25.5. The van der Waals surface area contributed by atoms with Gasteiger partial charge in [0.25, 0.3) is 0 Å². The fourth-order valence-electron chi connectivity index (χ4n) is 5.27. The molecule has 0 N–H and O–H groups in total.